The van der Waals surface area contributed by atoms with Gasteiger partial charge >= 0.3 is 0 Å². The van der Waals surface area contributed by atoms with E-state index in [2.05, 4.69) is 0 Å². The van der Waals surface area contributed by atoms with Crippen LogP contribution in [0.5, 0.6) is 0 Å². The highest BCUT2D eigenvalue weighted by Crippen LogP contribution is 2.28. The summed E-state index contributed by atoms with van der Waals surface area (Å²) in [5.41, 5.74) is -6.10. The molecule has 0 saturated heterocycles. The second-order valence-electron chi connectivity index (χ2n) is 8.52. The van der Waals surface area contributed by atoms with Gasteiger partial charge in [-0.2, -0.15) is 0 Å². The molecule has 6 heteroatoms. The summed E-state index contributed by atoms with van der Waals surface area (Å²) in [6.45, 7) is 4.86. The fourth-order valence-corrected chi connectivity index (χ4v) is 3.39. The maximum atomic E-state index is 13.0. The zero-order chi connectivity index (χ0) is 25.2. The van der Waals surface area contributed by atoms with Gasteiger partial charge in [-0.05, 0) is 56.8 Å². The largest absolute Gasteiger partial charge is 0.393 e. The molecule has 3 N–H and O–H groups in total. The predicted molar refractivity (Wildman–Crippen MR) is 132 cm³/mol. The molecule has 0 amide bonds. The van der Waals surface area contributed by atoms with Crippen LogP contribution in [-0.2, 0) is 14.4 Å². The molecule has 0 fully saturated rings. The first kappa shape index (κ1) is 31.1. The Morgan fingerprint density at radius 3 is 1.24 bits per heavy atom. The summed E-state index contributed by atoms with van der Waals surface area (Å²) in [5.74, 6) is -3.32. The van der Waals surface area contributed by atoms with E-state index in [9.17, 15) is 29.7 Å². The smallest absolute Gasteiger partial charge is 0.228 e. The lowest BCUT2D eigenvalue weighted by Gasteiger charge is -2.36. The van der Waals surface area contributed by atoms with Gasteiger partial charge in [0.15, 0.2) is 23.0 Å². The zero-order valence-electron chi connectivity index (χ0n) is 20.7. The Bertz CT molecular complexity index is 644. The fraction of sp³-hybridized carbons (Fsp3) is 0.667. The van der Waals surface area contributed by atoms with Gasteiger partial charge in [0, 0.05) is 0 Å². The van der Waals surface area contributed by atoms with Crippen molar-refractivity contribution in [1.29, 1.82) is 0 Å². The number of ketones is 3. The minimum absolute atomic E-state index is 0.555. The highest BCUT2D eigenvalue weighted by atomic mass is 16.4. The molecule has 0 saturated carbocycles. The number of hydrogen-bond acceptors (Lipinski definition) is 6. The summed E-state index contributed by atoms with van der Waals surface area (Å²) < 4.78 is 0. The van der Waals surface area contributed by atoms with Gasteiger partial charge in [0.1, 0.15) is 0 Å². The number of carbonyl (C=O) groups excluding carboxylic acids is 3. The molecule has 1 atom stereocenters. The molecule has 1 unspecified atom stereocenters. The van der Waals surface area contributed by atoms with Crippen molar-refractivity contribution in [3.8, 4) is 0 Å². The van der Waals surface area contributed by atoms with Gasteiger partial charge in [-0.25, -0.2) is 0 Å². The molecule has 0 aromatic rings. The van der Waals surface area contributed by atoms with Crippen molar-refractivity contribution >= 4 is 17.3 Å². The van der Waals surface area contributed by atoms with E-state index in [0.717, 1.165) is 76.0 Å². The van der Waals surface area contributed by atoms with E-state index in [-0.39, 0.29) is 0 Å². The molecule has 0 radical (unpaired) electrons. The molecular weight excluding hydrogens is 420 g/mol. The van der Waals surface area contributed by atoms with Crippen LogP contribution in [0.4, 0.5) is 0 Å². The standard InChI is InChI=1S/C27H44O6/c1-4-7-10-13-16-19-23(29)26(32,22-28)27(33,24(30)20-17-14-11-8-5-2)25(31)21-18-15-12-9-6-3/h16-21,28,32-33H,4-15,22H2,1-3H3. The lowest BCUT2D eigenvalue weighted by molar-refractivity contribution is -0.187. The highest BCUT2D eigenvalue weighted by molar-refractivity contribution is 6.23. The molecule has 0 bridgehead atoms. The maximum absolute atomic E-state index is 13.0. The Hall–Kier alpha value is -1.89. The van der Waals surface area contributed by atoms with Crippen molar-refractivity contribution in [3.63, 3.8) is 0 Å². The predicted octanol–water partition coefficient (Wildman–Crippen LogP) is 4.56. The van der Waals surface area contributed by atoms with E-state index in [4.69, 9.17) is 0 Å². The Balaban J connectivity index is 5.88. The van der Waals surface area contributed by atoms with Crippen molar-refractivity contribution in [2.24, 2.45) is 0 Å². The van der Waals surface area contributed by atoms with Crippen LogP contribution in [0.1, 0.15) is 97.8 Å². The summed E-state index contributed by atoms with van der Waals surface area (Å²) in [4.78, 5) is 38.7. The minimum Gasteiger partial charge on any atom is -0.393 e. The van der Waals surface area contributed by atoms with Gasteiger partial charge in [-0.3, -0.25) is 14.4 Å². The summed E-state index contributed by atoms with van der Waals surface area (Å²) in [6.07, 6.45) is 17.7. The van der Waals surface area contributed by atoms with Crippen LogP contribution >= 0.6 is 0 Å². The number of hydrogen-bond donors (Lipinski definition) is 3. The van der Waals surface area contributed by atoms with Crippen molar-refractivity contribution in [2.45, 2.75) is 109 Å². The first-order valence-electron chi connectivity index (χ1n) is 12.4. The Kier molecular flexibility index (Phi) is 16.6. The molecule has 188 valence electrons. The van der Waals surface area contributed by atoms with Crippen molar-refractivity contribution in [3.05, 3.63) is 36.5 Å². The van der Waals surface area contributed by atoms with Crippen molar-refractivity contribution in [2.75, 3.05) is 6.61 Å². The highest BCUT2D eigenvalue weighted by Gasteiger charge is 2.61. The Labute approximate surface area is 199 Å². The summed E-state index contributed by atoms with van der Waals surface area (Å²) in [7, 11) is 0. The topological polar surface area (TPSA) is 112 Å². The third kappa shape index (κ3) is 9.86. The number of unbranched alkanes of at least 4 members (excludes halogenated alkanes) is 9. The molecule has 0 aliphatic rings. The van der Waals surface area contributed by atoms with Crippen LogP contribution in [0, 0.1) is 0 Å². The molecule has 0 aromatic heterocycles. The van der Waals surface area contributed by atoms with Gasteiger partial charge in [0.2, 0.25) is 5.60 Å². The summed E-state index contributed by atoms with van der Waals surface area (Å²) in [6, 6.07) is 0. The number of rotatable bonds is 20. The summed E-state index contributed by atoms with van der Waals surface area (Å²) >= 11 is 0. The Morgan fingerprint density at radius 1 is 0.606 bits per heavy atom. The molecule has 0 aliphatic heterocycles. The zero-order valence-corrected chi connectivity index (χ0v) is 20.7. The van der Waals surface area contributed by atoms with E-state index < -0.39 is 35.2 Å². The molecule has 0 heterocycles. The van der Waals surface area contributed by atoms with Crippen LogP contribution in [-0.4, -0.2) is 50.5 Å². The lowest BCUT2D eigenvalue weighted by Crippen LogP contribution is -2.68. The Morgan fingerprint density at radius 2 is 0.939 bits per heavy atom. The third-order valence-electron chi connectivity index (χ3n) is 5.68. The van der Waals surface area contributed by atoms with Gasteiger partial charge in [0.05, 0.1) is 6.61 Å². The van der Waals surface area contributed by atoms with Crippen LogP contribution < -0.4 is 0 Å². The van der Waals surface area contributed by atoms with E-state index in [0.29, 0.717) is 19.3 Å². The lowest BCUT2D eigenvalue weighted by atomic mass is 9.73. The van der Waals surface area contributed by atoms with Gasteiger partial charge in [-0.1, -0.05) is 77.5 Å². The fourth-order valence-electron chi connectivity index (χ4n) is 3.39. The van der Waals surface area contributed by atoms with Crippen LogP contribution in [0.25, 0.3) is 0 Å². The first-order chi connectivity index (χ1) is 15.8. The maximum Gasteiger partial charge on any atom is 0.228 e. The van der Waals surface area contributed by atoms with E-state index in [1.165, 1.54) is 18.2 Å². The van der Waals surface area contributed by atoms with E-state index in [1.807, 2.05) is 20.8 Å². The number of aliphatic hydroxyl groups is 3. The second kappa shape index (κ2) is 17.6. The second-order valence-corrected chi connectivity index (χ2v) is 8.52. The van der Waals surface area contributed by atoms with Crippen LogP contribution in [0.2, 0.25) is 0 Å². The molecule has 0 aliphatic carbocycles. The van der Waals surface area contributed by atoms with Crippen molar-refractivity contribution in [1.82, 2.24) is 0 Å². The van der Waals surface area contributed by atoms with Gasteiger partial charge < -0.3 is 15.3 Å². The average molecular weight is 465 g/mol. The molecule has 0 aromatic carbocycles. The van der Waals surface area contributed by atoms with Gasteiger partial charge in [-0.15, -0.1) is 0 Å². The van der Waals surface area contributed by atoms with Crippen LogP contribution in [0.3, 0.4) is 0 Å². The minimum atomic E-state index is -3.12. The number of aliphatic hydroxyl groups excluding tert-OH is 1. The molecule has 0 rings (SSSR count). The molecule has 33 heavy (non-hydrogen) atoms. The average Bonchev–Trinajstić information content (AvgIpc) is 2.81. The summed E-state index contributed by atoms with van der Waals surface area (Å²) in [5, 5.41) is 32.1. The third-order valence-corrected chi connectivity index (χ3v) is 5.68. The number of allylic oxidation sites excluding steroid dienone is 3. The monoisotopic (exact) mass is 464 g/mol. The van der Waals surface area contributed by atoms with Crippen LogP contribution in [0.15, 0.2) is 36.5 Å². The van der Waals surface area contributed by atoms with E-state index >= 15 is 0 Å². The van der Waals surface area contributed by atoms with Gasteiger partial charge in [0.25, 0.3) is 0 Å². The SMILES string of the molecule is CCCCCC=CC(=O)C(O)(CO)C(O)(C(=O)C=CCCCCC)C(=O)C=CCCCCC. The quantitative estimate of drug-likeness (QED) is 0.138. The first-order valence-corrected chi connectivity index (χ1v) is 12.4. The molecule has 0 spiro atoms. The van der Waals surface area contributed by atoms with E-state index in [1.54, 1.807) is 0 Å². The molecular formula is C27H44O6. The number of carbonyl (C=O) groups is 3. The normalized spacial score (nSPS) is 15.8. The van der Waals surface area contributed by atoms with Crippen molar-refractivity contribution < 1.29 is 29.7 Å². The molecule has 6 nitrogen and oxygen atoms in total.